The minimum atomic E-state index is -1.29. The summed E-state index contributed by atoms with van der Waals surface area (Å²) in [5, 5.41) is 11.3. The maximum atomic E-state index is 13.6. The van der Waals surface area contributed by atoms with Gasteiger partial charge in [-0.25, -0.2) is 4.39 Å². The van der Waals surface area contributed by atoms with E-state index in [0.29, 0.717) is 5.56 Å². The van der Waals surface area contributed by atoms with Crippen LogP contribution < -0.4 is 0 Å². The first-order valence-electron chi connectivity index (χ1n) is 7.53. The predicted octanol–water partition coefficient (Wildman–Crippen LogP) is 4.26. The molecule has 0 saturated carbocycles. The van der Waals surface area contributed by atoms with Crippen molar-refractivity contribution in [1.29, 1.82) is 0 Å². The van der Waals surface area contributed by atoms with Crippen LogP contribution in [0.3, 0.4) is 0 Å². The van der Waals surface area contributed by atoms with Gasteiger partial charge in [0.05, 0.1) is 17.2 Å². The van der Waals surface area contributed by atoms with Gasteiger partial charge in [0.15, 0.2) is 0 Å². The molecule has 2 atom stereocenters. The van der Waals surface area contributed by atoms with Crippen molar-refractivity contribution in [3.05, 3.63) is 102 Å². The van der Waals surface area contributed by atoms with Crippen LogP contribution in [0, 0.1) is 5.82 Å². The number of aliphatic hydroxyl groups is 1. The Morgan fingerprint density at radius 1 is 0.957 bits per heavy atom. The van der Waals surface area contributed by atoms with Crippen LogP contribution in [0.1, 0.15) is 29.7 Å². The van der Waals surface area contributed by atoms with Crippen molar-refractivity contribution < 1.29 is 9.50 Å². The van der Waals surface area contributed by atoms with Crippen molar-refractivity contribution >= 4 is 0 Å². The molecule has 0 bridgehead atoms. The molecule has 1 aromatic heterocycles. The zero-order valence-electron chi connectivity index (χ0n) is 12.9. The summed E-state index contributed by atoms with van der Waals surface area (Å²) in [7, 11) is 0. The van der Waals surface area contributed by atoms with Gasteiger partial charge in [-0.3, -0.25) is 4.98 Å². The maximum absolute atomic E-state index is 13.6. The van der Waals surface area contributed by atoms with Gasteiger partial charge in [-0.05, 0) is 42.3 Å². The van der Waals surface area contributed by atoms with E-state index >= 15 is 0 Å². The normalized spacial score (nSPS) is 14.9. The molecule has 0 aliphatic carbocycles. The highest BCUT2D eigenvalue weighted by atomic mass is 19.1. The molecule has 23 heavy (non-hydrogen) atoms. The van der Waals surface area contributed by atoms with Crippen LogP contribution in [0.25, 0.3) is 0 Å². The standard InChI is InChI=1S/C20H18FNO/c1-20(23,16-10-7-11-17(21)14-16)19(15-8-3-2-4-9-15)18-12-5-6-13-22-18/h2-14,19,23H,1H3/t19-,20-/m0/s1. The van der Waals surface area contributed by atoms with Gasteiger partial charge in [0.1, 0.15) is 5.82 Å². The lowest BCUT2D eigenvalue weighted by molar-refractivity contribution is 0.0377. The average molecular weight is 307 g/mol. The van der Waals surface area contributed by atoms with Crippen molar-refractivity contribution in [1.82, 2.24) is 4.98 Å². The SMILES string of the molecule is C[C@](O)(c1cccc(F)c1)[C@@H](c1ccccc1)c1ccccn1. The Morgan fingerprint density at radius 3 is 2.35 bits per heavy atom. The van der Waals surface area contributed by atoms with Crippen molar-refractivity contribution in [2.75, 3.05) is 0 Å². The number of halogens is 1. The van der Waals surface area contributed by atoms with E-state index in [-0.39, 0.29) is 5.82 Å². The molecule has 0 fully saturated rings. The summed E-state index contributed by atoms with van der Waals surface area (Å²) in [6.07, 6.45) is 1.70. The highest BCUT2D eigenvalue weighted by molar-refractivity contribution is 5.37. The van der Waals surface area contributed by atoms with Crippen LogP contribution in [0.15, 0.2) is 79.0 Å². The molecule has 0 aliphatic heterocycles. The van der Waals surface area contributed by atoms with E-state index < -0.39 is 11.5 Å². The second kappa shape index (κ2) is 6.31. The third-order valence-corrected chi connectivity index (χ3v) is 4.09. The Morgan fingerprint density at radius 2 is 1.70 bits per heavy atom. The summed E-state index contributed by atoms with van der Waals surface area (Å²) < 4.78 is 13.6. The van der Waals surface area contributed by atoms with Gasteiger partial charge in [0, 0.05) is 6.20 Å². The van der Waals surface area contributed by atoms with Gasteiger partial charge in [0.2, 0.25) is 0 Å². The van der Waals surface area contributed by atoms with Crippen LogP contribution >= 0.6 is 0 Å². The highest BCUT2D eigenvalue weighted by Crippen LogP contribution is 2.40. The van der Waals surface area contributed by atoms with Crippen LogP contribution in [-0.4, -0.2) is 10.1 Å². The summed E-state index contributed by atoms with van der Waals surface area (Å²) >= 11 is 0. The molecule has 2 aromatic carbocycles. The van der Waals surface area contributed by atoms with Crippen molar-refractivity contribution in [3.8, 4) is 0 Å². The van der Waals surface area contributed by atoms with Gasteiger partial charge in [-0.15, -0.1) is 0 Å². The molecule has 1 heterocycles. The molecule has 0 unspecified atom stereocenters. The molecule has 3 aromatic rings. The number of rotatable bonds is 4. The quantitative estimate of drug-likeness (QED) is 0.781. The van der Waals surface area contributed by atoms with E-state index in [1.807, 2.05) is 48.5 Å². The van der Waals surface area contributed by atoms with Crippen LogP contribution in [-0.2, 0) is 5.60 Å². The Labute approximate surface area is 135 Å². The second-order valence-electron chi connectivity index (χ2n) is 5.76. The van der Waals surface area contributed by atoms with Crippen LogP contribution in [0.5, 0.6) is 0 Å². The second-order valence-corrected chi connectivity index (χ2v) is 5.76. The fourth-order valence-corrected chi connectivity index (χ4v) is 2.95. The van der Waals surface area contributed by atoms with Crippen LogP contribution in [0.4, 0.5) is 4.39 Å². The molecular formula is C20H18FNO. The summed E-state index contributed by atoms with van der Waals surface area (Å²) in [4.78, 5) is 4.42. The Bertz CT molecular complexity index is 732. The Balaban J connectivity index is 2.15. The Hall–Kier alpha value is -2.52. The van der Waals surface area contributed by atoms with Crippen molar-refractivity contribution in [3.63, 3.8) is 0 Å². The van der Waals surface area contributed by atoms with E-state index in [9.17, 15) is 9.50 Å². The minimum absolute atomic E-state index is 0.365. The number of benzene rings is 2. The molecule has 0 amide bonds. The highest BCUT2D eigenvalue weighted by Gasteiger charge is 2.37. The molecule has 2 nitrogen and oxygen atoms in total. The lowest BCUT2D eigenvalue weighted by Crippen LogP contribution is -2.31. The maximum Gasteiger partial charge on any atom is 0.123 e. The fourth-order valence-electron chi connectivity index (χ4n) is 2.95. The fraction of sp³-hybridized carbons (Fsp3) is 0.150. The molecule has 0 radical (unpaired) electrons. The number of hydrogen-bond acceptors (Lipinski definition) is 2. The minimum Gasteiger partial charge on any atom is -0.384 e. The van der Waals surface area contributed by atoms with Gasteiger partial charge >= 0.3 is 0 Å². The van der Waals surface area contributed by atoms with E-state index in [1.165, 1.54) is 12.1 Å². The zero-order valence-corrected chi connectivity index (χ0v) is 12.9. The lowest BCUT2D eigenvalue weighted by atomic mass is 9.76. The van der Waals surface area contributed by atoms with Gasteiger partial charge in [-0.1, -0.05) is 48.5 Å². The molecule has 3 rings (SSSR count). The summed E-state index contributed by atoms with van der Waals surface area (Å²) in [6, 6.07) is 21.4. The molecule has 116 valence electrons. The van der Waals surface area contributed by atoms with Crippen molar-refractivity contribution in [2.45, 2.75) is 18.4 Å². The summed E-state index contributed by atoms with van der Waals surface area (Å²) in [5.74, 6) is -0.762. The van der Waals surface area contributed by atoms with E-state index in [4.69, 9.17) is 0 Å². The number of aromatic nitrogens is 1. The largest absolute Gasteiger partial charge is 0.384 e. The van der Waals surface area contributed by atoms with E-state index in [0.717, 1.165) is 11.3 Å². The molecule has 3 heteroatoms. The first kappa shape index (κ1) is 15.4. The third-order valence-electron chi connectivity index (χ3n) is 4.09. The molecule has 0 spiro atoms. The summed E-state index contributed by atoms with van der Waals surface area (Å²) in [6.45, 7) is 1.70. The smallest absolute Gasteiger partial charge is 0.123 e. The van der Waals surface area contributed by atoms with E-state index in [1.54, 1.807) is 25.3 Å². The Kier molecular flexibility index (Phi) is 4.22. The molecule has 0 aliphatic rings. The predicted molar refractivity (Wildman–Crippen MR) is 88.5 cm³/mol. The average Bonchev–Trinajstić information content (AvgIpc) is 2.57. The number of hydrogen-bond donors (Lipinski definition) is 1. The van der Waals surface area contributed by atoms with Crippen molar-refractivity contribution in [2.24, 2.45) is 0 Å². The summed E-state index contributed by atoms with van der Waals surface area (Å²) in [5.41, 5.74) is 0.906. The monoisotopic (exact) mass is 307 g/mol. The van der Waals surface area contributed by atoms with Gasteiger partial charge in [0.25, 0.3) is 0 Å². The first-order chi connectivity index (χ1) is 11.1. The first-order valence-corrected chi connectivity index (χ1v) is 7.53. The molecule has 1 N–H and O–H groups in total. The van der Waals surface area contributed by atoms with Crippen LogP contribution in [0.2, 0.25) is 0 Å². The number of pyridine rings is 1. The lowest BCUT2D eigenvalue weighted by Gasteiger charge is -2.33. The molecule has 0 saturated heterocycles. The zero-order chi connectivity index (χ0) is 16.3. The van der Waals surface area contributed by atoms with Gasteiger partial charge in [-0.2, -0.15) is 0 Å². The number of nitrogens with zero attached hydrogens (tertiary/aromatic N) is 1. The molecular weight excluding hydrogens is 289 g/mol. The topological polar surface area (TPSA) is 33.1 Å². The third kappa shape index (κ3) is 3.15. The van der Waals surface area contributed by atoms with E-state index in [2.05, 4.69) is 4.98 Å². The van der Waals surface area contributed by atoms with Gasteiger partial charge < -0.3 is 5.11 Å².